The molecule has 0 aliphatic heterocycles. The van der Waals surface area contributed by atoms with Crippen LogP contribution in [0, 0.1) is 17.2 Å². The van der Waals surface area contributed by atoms with Crippen molar-refractivity contribution in [3.05, 3.63) is 30.1 Å². The molecule has 0 bridgehead atoms. The van der Waals surface area contributed by atoms with Gasteiger partial charge in [-0.15, -0.1) is 0 Å². The molecule has 0 fully saturated rings. The SMILES string of the molecule is CCC(C)(CNCC(C)C)CN(C)c1ccccc1F. The van der Waals surface area contributed by atoms with Gasteiger partial charge >= 0.3 is 0 Å². The Hall–Kier alpha value is -1.09. The van der Waals surface area contributed by atoms with Gasteiger partial charge in [0.1, 0.15) is 5.82 Å². The minimum atomic E-state index is -0.149. The molecule has 114 valence electrons. The average Bonchev–Trinajstić information content (AvgIpc) is 2.38. The number of rotatable bonds is 8. The summed E-state index contributed by atoms with van der Waals surface area (Å²) < 4.78 is 13.8. The molecule has 1 aromatic rings. The third-order valence-corrected chi connectivity index (χ3v) is 3.84. The van der Waals surface area contributed by atoms with E-state index in [1.165, 1.54) is 6.07 Å². The molecule has 0 aliphatic carbocycles. The molecule has 1 rings (SSSR count). The molecular weight excluding hydrogens is 251 g/mol. The van der Waals surface area contributed by atoms with E-state index in [-0.39, 0.29) is 11.2 Å². The van der Waals surface area contributed by atoms with Crippen LogP contribution in [0.1, 0.15) is 34.1 Å². The monoisotopic (exact) mass is 280 g/mol. The number of anilines is 1. The molecule has 20 heavy (non-hydrogen) atoms. The van der Waals surface area contributed by atoms with Crippen LogP contribution in [-0.4, -0.2) is 26.7 Å². The number of halogens is 1. The summed E-state index contributed by atoms with van der Waals surface area (Å²) in [6, 6.07) is 6.98. The predicted molar refractivity (Wildman–Crippen MR) is 85.8 cm³/mol. The van der Waals surface area contributed by atoms with Gasteiger partial charge in [-0.05, 0) is 36.4 Å². The van der Waals surface area contributed by atoms with Crippen molar-refractivity contribution >= 4 is 5.69 Å². The van der Waals surface area contributed by atoms with Crippen molar-refractivity contribution in [2.75, 3.05) is 31.6 Å². The third kappa shape index (κ3) is 5.12. The van der Waals surface area contributed by atoms with Crippen LogP contribution in [0.5, 0.6) is 0 Å². The van der Waals surface area contributed by atoms with Crippen LogP contribution >= 0.6 is 0 Å². The molecule has 1 atom stereocenters. The van der Waals surface area contributed by atoms with Gasteiger partial charge in [-0.1, -0.05) is 39.8 Å². The fraction of sp³-hybridized carbons (Fsp3) is 0.647. The Morgan fingerprint density at radius 2 is 1.95 bits per heavy atom. The van der Waals surface area contributed by atoms with E-state index in [2.05, 4.69) is 33.0 Å². The molecule has 3 heteroatoms. The van der Waals surface area contributed by atoms with Crippen molar-refractivity contribution in [3.63, 3.8) is 0 Å². The first kappa shape index (κ1) is 17.0. The maximum atomic E-state index is 13.8. The maximum absolute atomic E-state index is 13.8. The van der Waals surface area contributed by atoms with Crippen molar-refractivity contribution in [2.24, 2.45) is 11.3 Å². The molecule has 0 radical (unpaired) electrons. The van der Waals surface area contributed by atoms with Gasteiger partial charge in [-0.25, -0.2) is 4.39 Å². The van der Waals surface area contributed by atoms with Crippen LogP contribution in [0.4, 0.5) is 10.1 Å². The van der Waals surface area contributed by atoms with Gasteiger partial charge < -0.3 is 10.2 Å². The second-order valence-electron chi connectivity index (χ2n) is 6.50. The molecule has 1 N–H and O–H groups in total. The van der Waals surface area contributed by atoms with Gasteiger partial charge in [0, 0.05) is 20.1 Å². The highest BCUT2D eigenvalue weighted by Gasteiger charge is 2.24. The van der Waals surface area contributed by atoms with Gasteiger partial charge in [0.25, 0.3) is 0 Å². The molecular formula is C17H29FN2. The predicted octanol–water partition coefficient (Wildman–Crippen LogP) is 3.92. The summed E-state index contributed by atoms with van der Waals surface area (Å²) in [5.74, 6) is 0.504. The van der Waals surface area contributed by atoms with E-state index in [9.17, 15) is 4.39 Å². The van der Waals surface area contributed by atoms with Crippen LogP contribution in [0.2, 0.25) is 0 Å². The van der Waals surface area contributed by atoms with Crippen LogP contribution in [0.15, 0.2) is 24.3 Å². The standard InChI is InChI=1S/C17H29FN2/c1-6-17(4,12-19-11-14(2)3)13-20(5)16-10-8-7-9-15(16)18/h7-10,14,19H,6,11-13H2,1-5H3. The van der Waals surface area contributed by atoms with Crippen LogP contribution < -0.4 is 10.2 Å². The summed E-state index contributed by atoms with van der Waals surface area (Å²) in [5.41, 5.74) is 0.822. The summed E-state index contributed by atoms with van der Waals surface area (Å²) in [7, 11) is 1.97. The zero-order valence-electron chi connectivity index (χ0n) is 13.5. The third-order valence-electron chi connectivity index (χ3n) is 3.84. The smallest absolute Gasteiger partial charge is 0.146 e. The fourth-order valence-electron chi connectivity index (χ4n) is 2.37. The molecule has 1 aromatic carbocycles. The zero-order valence-corrected chi connectivity index (χ0v) is 13.5. The number of benzene rings is 1. The lowest BCUT2D eigenvalue weighted by molar-refractivity contribution is 0.293. The topological polar surface area (TPSA) is 15.3 Å². The van der Waals surface area contributed by atoms with E-state index in [1.54, 1.807) is 6.07 Å². The normalized spacial score (nSPS) is 14.3. The highest BCUT2D eigenvalue weighted by molar-refractivity contribution is 5.46. The number of hydrogen-bond donors (Lipinski definition) is 1. The van der Waals surface area contributed by atoms with Crippen LogP contribution in [0.3, 0.4) is 0 Å². The molecule has 2 nitrogen and oxygen atoms in total. The van der Waals surface area contributed by atoms with Gasteiger partial charge in [-0.2, -0.15) is 0 Å². The zero-order chi connectivity index (χ0) is 15.2. The minimum absolute atomic E-state index is 0.145. The van der Waals surface area contributed by atoms with Crippen molar-refractivity contribution in [1.29, 1.82) is 0 Å². The van der Waals surface area contributed by atoms with Crippen molar-refractivity contribution in [1.82, 2.24) is 5.32 Å². The Bertz CT molecular complexity index is 406. The Labute approximate surface area is 123 Å². The Kier molecular flexibility index (Phi) is 6.47. The second-order valence-corrected chi connectivity index (χ2v) is 6.50. The summed E-state index contributed by atoms with van der Waals surface area (Å²) in [5, 5.41) is 3.53. The summed E-state index contributed by atoms with van der Waals surface area (Å²) >= 11 is 0. The molecule has 0 spiro atoms. The fourth-order valence-corrected chi connectivity index (χ4v) is 2.37. The Morgan fingerprint density at radius 1 is 1.30 bits per heavy atom. The van der Waals surface area contributed by atoms with Crippen LogP contribution in [-0.2, 0) is 0 Å². The molecule has 0 aliphatic rings. The van der Waals surface area contributed by atoms with Crippen molar-refractivity contribution in [2.45, 2.75) is 34.1 Å². The molecule has 1 unspecified atom stereocenters. The van der Waals surface area contributed by atoms with E-state index >= 15 is 0 Å². The summed E-state index contributed by atoms with van der Waals surface area (Å²) in [4.78, 5) is 2.02. The van der Waals surface area contributed by atoms with E-state index in [4.69, 9.17) is 0 Å². The lowest BCUT2D eigenvalue weighted by Crippen LogP contribution is -2.41. The number of nitrogens with one attached hydrogen (secondary N) is 1. The van der Waals surface area contributed by atoms with Gasteiger partial charge in [0.15, 0.2) is 0 Å². The Balaban J connectivity index is 2.64. The number of hydrogen-bond acceptors (Lipinski definition) is 2. The van der Waals surface area contributed by atoms with E-state index in [1.807, 2.05) is 24.1 Å². The molecule has 0 aromatic heterocycles. The lowest BCUT2D eigenvalue weighted by atomic mass is 9.86. The Morgan fingerprint density at radius 3 is 2.50 bits per heavy atom. The molecule has 0 saturated heterocycles. The average molecular weight is 280 g/mol. The van der Waals surface area contributed by atoms with Crippen LogP contribution in [0.25, 0.3) is 0 Å². The first-order valence-electron chi connectivity index (χ1n) is 7.54. The number of para-hydroxylation sites is 1. The molecule has 0 heterocycles. The first-order valence-corrected chi connectivity index (χ1v) is 7.54. The van der Waals surface area contributed by atoms with Crippen molar-refractivity contribution < 1.29 is 4.39 Å². The summed E-state index contributed by atoms with van der Waals surface area (Å²) in [6.45, 7) is 11.7. The first-order chi connectivity index (χ1) is 9.38. The highest BCUT2D eigenvalue weighted by atomic mass is 19.1. The van der Waals surface area contributed by atoms with Gasteiger partial charge in [0.2, 0.25) is 0 Å². The van der Waals surface area contributed by atoms with E-state index in [0.29, 0.717) is 11.6 Å². The maximum Gasteiger partial charge on any atom is 0.146 e. The largest absolute Gasteiger partial charge is 0.372 e. The molecule has 0 amide bonds. The minimum Gasteiger partial charge on any atom is -0.372 e. The van der Waals surface area contributed by atoms with Crippen molar-refractivity contribution in [3.8, 4) is 0 Å². The second kappa shape index (κ2) is 7.63. The highest BCUT2D eigenvalue weighted by Crippen LogP contribution is 2.25. The van der Waals surface area contributed by atoms with E-state index in [0.717, 1.165) is 26.1 Å². The molecule has 0 saturated carbocycles. The lowest BCUT2D eigenvalue weighted by Gasteiger charge is -2.34. The van der Waals surface area contributed by atoms with Gasteiger partial charge in [0.05, 0.1) is 5.69 Å². The quantitative estimate of drug-likeness (QED) is 0.776. The van der Waals surface area contributed by atoms with E-state index < -0.39 is 0 Å². The van der Waals surface area contributed by atoms with Gasteiger partial charge in [-0.3, -0.25) is 0 Å². The number of nitrogens with zero attached hydrogens (tertiary/aromatic N) is 1. The summed E-state index contributed by atoms with van der Waals surface area (Å²) in [6.07, 6.45) is 1.07.